The summed E-state index contributed by atoms with van der Waals surface area (Å²) in [4.78, 5) is 20.9. The van der Waals surface area contributed by atoms with Crippen LogP contribution in [0, 0.1) is 13.8 Å². The fraction of sp³-hybridized carbons (Fsp3) is 0.115. The van der Waals surface area contributed by atoms with E-state index in [0.29, 0.717) is 29.4 Å². The molecule has 2 aromatic heterocycles. The van der Waals surface area contributed by atoms with Crippen LogP contribution in [0.2, 0.25) is 0 Å². The molecule has 3 aromatic carbocycles. The number of para-hydroxylation sites is 3. The van der Waals surface area contributed by atoms with Crippen LogP contribution in [-0.4, -0.2) is 21.0 Å². The number of anilines is 1. The molecular weight excluding hydrogens is 416 g/mol. The van der Waals surface area contributed by atoms with Crippen LogP contribution >= 0.6 is 0 Å². The number of ether oxygens (including phenoxy) is 1. The van der Waals surface area contributed by atoms with Crippen molar-refractivity contribution in [1.82, 2.24) is 15.1 Å². The summed E-state index contributed by atoms with van der Waals surface area (Å²) in [5, 5.41) is 6.93. The van der Waals surface area contributed by atoms with Crippen LogP contribution in [0.25, 0.3) is 22.4 Å². The number of benzene rings is 3. The molecule has 0 bridgehead atoms. The van der Waals surface area contributed by atoms with Gasteiger partial charge in [-0.2, -0.15) is 0 Å². The molecule has 5 aromatic rings. The summed E-state index contributed by atoms with van der Waals surface area (Å²) in [7, 11) is 0. The molecule has 0 aliphatic rings. The Morgan fingerprint density at radius 3 is 2.52 bits per heavy atom. The van der Waals surface area contributed by atoms with E-state index in [-0.39, 0.29) is 5.91 Å². The number of nitrogens with zero attached hydrogens (tertiary/aromatic N) is 2. The van der Waals surface area contributed by atoms with Gasteiger partial charge < -0.3 is 19.6 Å². The van der Waals surface area contributed by atoms with Gasteiger partial charge in [-0.15, -0.1) is 0 Å². The van der Waals surface area contributed by atoms with E-state index in [2.05, 4.69) is 20.4 Å². The Bertz CT molecular complexity index is 1380. The maximum atomic E-state index is 12.9. The summed E-state index contributed by atoms with van der Waals surface area (Å²) in [6.07, 6.45) is 0. The van der Waals surface area contributed by atoms with Crippen LogP contribution in [0.5, 0.6) is 5.75 Å². The van der Waals surface area contributed by atoms with Crippen LogP contribution in [-0.2, 0) is 6.61 Å². The fourth-order valence-corrected chi connectivity index (χ4v) is 3.64. The van der Waals surface area contributed by atoms with Crippen molar-refractivity contribution < 1.29 is 14.1 Å². The number of hydrogen-bond donors (Lipinski definition) is 2. The number of fused-ring (bicyclic) bond motifs is 1. The maximum Gasteiger partial charge on any atom is 0.255 e. The van der Waals surface area contributed by atoms with Crippen LogP contribution in [0.15, 0.2) is 77.3 Å². The van der Waals surface area contributed by atoms with Crippen LogP contribution in [0.1, 0.15) is 27.4 Å². The van der Waals surface area contributed by atoms with Crippen LogP contribution in [0.3, 0.4) is 0 Å². The Morgan fingerprint density at radius 1 is 1.00 bits per heavy atom. The fourth-order valence-electron chi connectivity index (χ4n) is 3.64. The Labute approximate surface area is 190 Å². The predicted molar refractivity (Wildman–Crippen MR) is 126 cm³/mol. The predicted octanol–water partition coefficient (Wildman–Crippen LogP) is 5.67. The van der Waals surface area contributed by atoms with Gasteiger partial charge in [0, 0.05) is 11.1 Å². The second-order valence-corrected chi connectivity index (χ2v) is 7.72. The number of aromatic nitrogens is 3. The van der Waals surface area contributed by atoms with Gasteiger partial charge in [0.2, 0.25) is 0 Å². The van der Waals surface area contributed by atoms with Crippen molar-refractivity contribution in [3.8, 4) is 17.1 Å². The highest BCUT2D eigenvalue weighted by Crippen LogP contribution is 2.28. The summed E-state index contributed by atoms with van der Waals surface area (Å²) in [5.41, 5.74) is 5.59. The van der Waals surface area contributed by atoms with E-state index >= 15 is 0 Å². The van der Waals surface area contributed by atoms with E-state index in [0.717, 1.165) is 33.6 Å². The number of aryl methyl sites for hydroxylation is 2. The van der Waals surface area contributed by atoms with Gasteiger partial charge in [0.25, 0.3) is 5.91 Å². The van der Waals surface area contributed by atoms with Crippen LogP contribution < -0.4 is 10.1 Å². The second-order valence-electron chi connectivity index (χ2n) is 7.72. The molecule has 5 rings (SSSR count). The van der Waals surface area contributed by atoms with Gasteiger partial charge in [0.15, 0.2) is 0 Å². The minimum Gasteiger partial charge on any atom is -0.489 e. The maximum absolute atomic E-state index is 12.9. The number of hydrogen-bond acceptors (Lipinski definition) is 5. The van der Waals surface area contributed by atoms with Crippen molar-refractivity contribution in [2.24, 2.45) is 0 Å². The monoisotopic (exact) mass is 438 g/mol. The van der Waals surface area contributed by atoms with Gasteiger partial charge in [-0.3, -0.25) is 4.79 Å². The highest BCUT2D eigenvalue weighted by atomic mass is 16.5. The zero-order chi connectivity index (χ0) is 22.8. The minimum atomic E-state index is -0.212. The lowest BCUT2D eigenvalue weighted by Crippen LogP contribution is -2.12. The van der Waals surface area contributed by atoms with Crippen molar-refractivity contribution >= 4 is 22.6 Å². The Morgan fingerprint density at radius 2 is 1.76 bits per heavy atom. The number of carbonyl (C=O) groups is 1. The minimum absolute atomic E-state index is 0.212. The van der Waals surface area contributed by atoms with E-state index in [1.807, 2.05) is 62.4 Å². The average molecular weight is 438 g/mol. The molecule has 0 saturated carbocycles. The number of amides is 1. The van der Waals surface area contributed by atoms with Gasteiger partial charge in [0.05, 0.1) is 28.0 Å². The number of aromatic amines is 1. The first-order valence-corrected chi connectivity index (χ1v) is 10.6. The molecule has 0 fully saturated rings. The summed E-state index contributed by atoms with van der Waals surface area (Å²) in [6.45, 7) is 4.10. The van der Waals surface area contributed by atoms with Crippen LogP contribution in [0.4, 0.5) is 5.69 Å². The molecular formula is C26H22N4O3. The standard InChI is InChI=1S/C26H22N4O3/c1-16-21(17(2)33-30-16)15-32-19-13-11-18(12-14-19)26(31)29-22-8-4-3-7-20(22)25-27-23-9-5-6-10-24(23)28-25/h3-14H,15H2,1-2H3,(H,27,28)(H,29,31). The normalized spacial score (nSPS) is 11.0. The van der Waals surface area contributed by atoms with Gasteiger partial charge >= 0.3 is 0 Å². The van der Waals surface area contributed by atoms with Gasteiger partial charge in [-0.05, 0) is 62.4 Å². The molecule has 0 spiro atoms. The summed E-state index contributed by atoms with van der Waals surface area (Å²) >= 11 is 0. The zero-order valence-corrected chi connectivity index (χ0v) is 18.3. The van der Waals surface area contributed by atoms with E-state index in [9.17, 15) is 4.79 Å². The molecule has 0 saturated heterocycles. The molecule has 7 nitrogen and oxygen atoms in total. The molecule has 0 radical (unpaired) electrons. The molecule has 0 atom stereocenters. The Hall–Kier alpha value is -4.39. The van der Waals surface area contributed by atoms with E-state index in [1.165, 1.54) is 0 Å². The largest absolute Gasteiger partial charge is 0.489 e. The summed E-state index contributed by atoms with van der Waals surface area (Å²) in [5.74, 6) is 1.90. The third kappa shape index (κ3) is 4.21. The molecule has 33 heavy (non-hydrogen) atoms. The topological polar surface area (TPSA) is 93.0 Å². The van der Waals surface area contributed by atoms with E-state index in [1.54, 1.807) is 24.3 Å². The number of rotatable bonds is 6. The highest BCUT2D eigenvalue weighted by molar-refractivity contribution is 6.06. The first-order valence-electron chi connectivity index (χ1n) is 10.6. The van der Waals surface area contributed by atoms with Crippen molar-refractivity contribution in [2.75, 3.05) is 5.32 Å². The number of carbonyl (C=O) groups excluding carboxylic acids is 1. The van der Waals surface area contributed by atoms with E-state index < -0.39 is 0 Å². The Kier molecular flexibility index (Phi) is 5.36. The smallest absolute Gasteiger partial charge is 0.255 e. The second kappa shape index (κ2) is 8.63. The highest BCUT2D eigenvalue weighted by Gasteiger charge is 2.14. The first-order chi connectivity index (χ1) is 16.1. The molecule has 2 N–H and O–H groups in total. The van der Waals surface area contributed by atoms with Gasteiger partial charge in [-0.1, -0.05) is 29.4 Å². The molecule has 2 heterocycles. The van der Waals surface area contributed by atoms with Crippen molar-refractivity contribution in [1.29, 1.82) is 0 Å². The summed E-state index contributed by atoms with van der Waals surface area (Å²) < 4.78 is 11.0. The van der Waals surface area contributed by atoms with Crippen molar-refractivity contribution in [3.05, 3.63) is 95.4 Å². The molecule has 0 aliphatic heterocycles. The van der Waals surface area contributed by atoms with E-state index in [4.69, 9.17) is 9.26 Å². The zero-order valence-electron chi connectivity index (χ0n) is 18.3. The molecule has 0 aliphatic carbocycles. The first kappa shape index (κ1) is 20.5. The van der Waals surface area contributed by atoms with Crippen molar-refractivity contribution in [2.45, 2.75) is 20.5 Å². The Balaban J connectivity index is 1.31. The number of H-pyrrole nitrogens is 1. The SMILES string of the molecule is Cc1noc(C)c1COc1ccc(C(=O)Nc2ccccc2-c2nc3ccccc3[nH]2)cc1. The van der Waals surface area contributed by atoms with Crippen molar-refractivity contribution in [3.63, 3.8) is 0 Å². The molecule has 7 heteroatoms. The number of imidazole rings is 1. The molecule has 0 unspecified atom stereocenters. The third-order valence-corrected chi connectivity index (χ3v) is 5.50. The quantitative estimate of drug-likeness (QED) is 0.356. The van der Waals surface area contributed by atoms with Gasteiger partial charge in [0.1, 0.15) is 23.9 Å². The number of nitrogens with one attached hydrogen (secondary N) is 2. The lowest BCUT2D eigenvalue weighted by atomic mass is 10.1. The average Bonchev–Trinajstić information content (AvgIpc) is 3.41. The molecule has 1 amide bonds. The third-order valence-electron chi connectivity index (χ3n) is 5.50. The lowest BCUT2D eigenvalue weighted by molar-refractivity contribution is 0.102. The molecule has 164 valence electrons. The lowest BCUT2D eigenvalue weighted by Gasteiger charge is -2.10. The van der Waals surface area contributed by atoms with Gasteiger partial charge in [-0.25, -0.2) is 4.98 Å². The summed E-state index contributed by atoms with van der Waals surface area (Å²) in [6, 6.07) is 22.5.